The highest BCUT2D eigenvalue weighted by Crippen LogP contribution is 2.41. The van der Waals surface area contributed by atoms with Crippen molar-refractivity contribution in [3.63, 3.8) is 0 Å². The molecular weight excluding hydrogens is 414 g/mol. The molecule has 3 aliphatic heterocycles. The van der Waals surface area contributed by atoms with Crippen molar-refractivity contribution in [3.8, 4) is 5.75 Å². The molecule has 1 atom stereocenters. The van der Waals surface area contributed by atoms with Crippen molar-refractivity contribution in [2.24, 2.45) is 0 Å². The van der Waals surface area contributed by atoms with Crippen LogP contribution in [-0.4, -0.2) is 55.4 Å². The second kappa shape index (κ2) is 9.11. The zero-order chi connectivity index (χ0) is 22.9. The Morgan fingerprint density at radius 2 is 1.64 bits per heavy atom. The predicted molar refractivity (Wildman–Crippen MR) is 128 cm³/mol. The van der Waals surface area contributed by atoms with Crippen LogP contribution in [0.1, 0.15) is 48.8 Å². The van der Waals surface area contributed by atoms with Crippen molar-refractivity contribution >= 4 is 5.91 Å². The van der Waals surface area contributed by atoms with Crippen molar-refractivity contribution in [1.29, 1.82) is 0 Å². The summed E-state index contributed by atoms with van der Waals surface area (Å²) < 4.78 is 18.1. The first kappa shape index (κ1) is 22.4. The third kappa shape index (κ3) is 4.53. The van der Waals surface area contributed by atoms with Gasteiger partial charge >= 0.3 is 0 Å². The lowest BCUT2D eigenvalue weighted by Gasteiger charge is -2.44. The molecule has 0 N–H and O–H groups in total. The van der Waals surface area contributed by atoms with E-state index in [2.05, 4.69) is 36.9 Å². The van der Waals surface area contributed by atoms with Gasteiger partial charge in [-0.15, -0.1) is 0 Å². The molecule has 0 saturated carbocycles. The molecule has 0 bridgehead atoms. The highest BCUT2D eigenvalue weighted by molar-refractivity contribution is 5.88. The highest BCUT2D eigenvalue weighted by atomic mass is 16.6. The Bertz CT molecular complexity index is 954. The second-order valence-corrected chi connectivity index (χ2v) is 10.1. The Morgan fingerprint density at radius 1 is 0.970 bits per heavy atom. The average molecular weight is 450 g/mol. The van der Waals surface area contributed by atoms with Crippen LogP contribution in [-0.2, 0) is 19.7 Å². The first-order chi connectivity index (χ1) is 16.0. The minimum Gasteiger partial charge on any atom is -0.488 e. The molecule has 0 radical (unpaired) electrons. The lowest BCUT2D eigenvalue weighted by Crippen LogP contribution is -2.54. The average Bonchev–Trinajstić information content (AvgIpc) is 3.21. The van der Waals surface area contributed by atoms with Gasteiger partial charge in [0.2, 0.25) is 5.91 Å². The monoisotopic (exact) mass is 449 g/mol. The van der Waals surface area contributed by atoms with Crippen LogP contribution in [0.15, 0.2) is 48.5 Å². The summed E-state index contributed by atoms with van der Waals surface area (Å²) in [5.74, 6) is 1.16. The zero-order valence-corrected chi connectivity index (χ0v) is 19.8. The van der Waals surface area contributed by atoms with Gasteiger partial charge < -0.3 is 19.1 Å². The Kier molecular flexibility index (Phi) is 6.19. The maximum absolute atomic E-state index is 14.0. The standard InChI is InChI=1S/C28H35NO4/c1-21-16-22(2)18-23(17-21)28(10-14-31-15-11-28)26(30)29-12-8-27(9-13-29)19-25(20-32-27)33-24-6-4-3-5-7-24/h3-7,16-18,25H,8-15,19-20H2,1-2H3/t25-/m0/s1. The van der Waals surface area contributed by atoms with Crippen molar-refractivity contribution in [2.45, 2.75) is 63.1 Å². The molecule has 176 valence electrons. The molecule has 33 heavy (non-hydrogen) atoms. The number of ether oxygens (including phenoxy) is 3. The third-order valence-corrected chi connectivity index (χ3v) is 7.71. The fraction of sp³-hybridized carbons (Fsp3) is 0.536. The molecule has 3 aliphatic rings. The Morgan fingerprint density at radius 3 is 2.30 bits per heavy atom. The lowest BCUT2D eigenvalue weighted by molar-refractivity contribution is -0.146. The minimum atomic E-state index is -0.477. The van der Waals surface area contributed by atoms with Gasteiger partial charge in [0, 0.05) is 32.7 Å². The molecule has 5 heteroatoms. The first-order valence-corrected chi connectivity index (χ1v) is 12.3. The number of likely N-dealkylation sites (tertiary alicyclic amines) is 1. The molecule has 0 aromatic heterocycles. The summed E-state index contributed by atoms with van der Waals surface area (Å²) in [6.45, 7) is 7.60. The second-order valence-electron chi connectivity index (χ2n) is 10.1. The molecule has 0 unspecified atom stereocenters. The molecule has 1 amide bonds. The van der Waals surface area contributed by atoms with Crippen LogP contribution in [0, 0.1) is 13.8 Å². The van der Waals surface area contributed by atoms with Gasteiger partial charge in [-0.25, -0.2) is 0 Å². The van der Waals surface area contributed by atoms with E-state index in [-0.39, 0.29) is 17.6 Å². The number of carbonyl (C=O) groups excluding carboxylic acids is 1. The Hall–Kier alpha value is -2.37. The van der Waals surface area contributed by atoms with Gasteiger partial charge in [0.15, 0.2) is 0 Å². The minimum absolute atomic E-state index is 0.0757. The molecule has 3 saturated heterocycles. The topological polar surface area (TPSA) is 48.0 Å². The first-order valence-electron chi connectivity index (χ1n) is 12.3. The predicted octanol–water partition coefficient (Wildman–Crippen LogP) is 4.58. The van der Waals surface area contributed by atoms with Crippen LogP contribution in [0.2, 0.25) is 0 Å². The van der Waals surface area contributed by atoms with Crippen LogP contribution in [0.3, 0.4) is 0 Å². The third-order valence-electron chi connectivity index (χ3n) is 7.71. The molecule has 3 fully saturated rings. The molecule has 5 nitrogen and oxygen atoms in total. The maximum Gasteiger partial charge on any atom is 0.233 e. The smallest absolute Gasteiger partial charge is 0.233 e. The van der Waals surface area contributed by atoms with Gasteiger partial charge in [-0.05, 0) is 57.2 Å². The summed E-state index contributed by atoms with van der Waals surface area (Å²) in [4.78, 5) is 16.1. The molecule has 3 heterocycles. The van der Waals surface area contributed by atoms with E-state index in [1.54, 1.807) is 0 Å². The fourth-order valence-electron chi connectivity index (χ4n) is 5.93. The highest BCUT2D eigenvalue weighted by Gasteiger charge is 2.48. The SMILES string of the molecule is Cc1cc(C)cc(C2(C(=O)N3CCC4(CC3)C[C@H](Oc3ccccc3)CO4)CCOCC2)c1. The van der Waals surface area contributed by atoms with E-state index in [1.807, 2.05) is 30.3 Å². The summed E-state index contributed by atoms with van der Waals surface area (Å²) in [6.07, 6.45) is 4.20. The van der Waals surface area contributed by atoms with Crippen LogP contribution in [0.5, 0.6) is 5.75 Å². The normalized spacial score (nSPS) is 24.1. The van der Waals surface area contributed by atoms with E-state index in [0.29, 0.717) is 19.8 Å². The number of carbonyl (C=O) groups is 1. The van der Waals surface area contributed by atoms with E-state index in [0.717, 1.165) is 56.5 Å². The summed E-state index contributed by atoms with van der Waals surface area (Å²) in [5, 5.41) is 0. The number of benzene rings is 2. The number of hydrogen-bond acceptors (Lipinski definition) is 4. The molecule has 2 aromatic carbocycles. The van der Waals surface area contributed by atoms with E-state index < -0.39 is 5.41 Å². The number of rotatable bonds is 4. The van der Waals surface area contributed by atoms with Crippen molar-refractivity contribution in [2.75, 3.05) is 32.9 Å². The number of piperidine rings is 1. The van der Waals surface area contributed by atoms with Crippen molar-refractivity contribution < 1.29 is 19.0 Å². The molecule has 1 spiro atoms. The number of hydrogen-bond donors (Lipinski definition) is 0. The van der Waals surface area contributed by atoms with Crippen LogP contribution in [0.4, 0.5) is 0 Å². The number of amides is 1. The van der Waals surface area contributed by atoms with Crippen LogP contribution in [0.25, 0.3) is 0 Å². The van der Waals surface area contributed by atoms with Crippen molar-refractivity contribution in [3.05, 3.63) is 65.2 Å². The number of nitrogens with zero attached hydrogens (tertiary/aromatic N) is 1. The number of para-hydroxylation sites is 1. The van der Waals surface area contributed by atoms with E-state index in [1.165, 1.54) is 11.1 Å². The van der Waals surface area contributed by atoms with Crippen LogP contribution < -0.4 is 4.74 Å². The molecule has 5 rings (SSSR count). The molecule has 0 aliphatic carbocycles. The zero-order valence-electron chi connectivity index (χ0n) is 19.8. The Labute approximate surface area is 197 Å². The van der Waals surface area contributed by atoms with E-state index >= 15 is 0 Å². The Balaban J connectivity index is 1.27. The summed E-state index contributed by atoms with van der Waals surface area (Å²) >= 11 is 0. The van der Waals surface area contributed by atoms with Gasteiger partial charge in [0.25, 0.3) is 0 Å². The fourth-order valence-corrected chi connectivity index (χ4v) is 5.93. The molecule has 2 aromatic rings. The van der Waals surface area contributed by atoms with Crippen molar-refractivity contribution in [1.82, 2.24) is 4.90 Å². The van der Waals surface area contributed by atoms with Crippen LogP contribution >= 0.6 is 0 Å². The summed E-state index contributed by atoms with van der Waals surface area (Å²) in [7, 11) is 0. The maximum atomic E-state index is 14.0. The van der Waals surface area contributed by atoms with Gasteiger partial charge in [-0.3, -0.25) is 4.79 Å². The van der Waals surface area contributed by atoms with E-state index in [9.17, 15) is 4.79 Å². The van der Waals surface area contributed by atoms with Gasteiger partial charge in [0.05, 0.1) is 17.6 Å². The molecular formula is C28H35NO4. The van der Waals surface area contributed by atoms with E-state index in [4.69, 9.17) is 14.2 Å². The summed E-state index contributed by atoms with van der Waals surface area (Å²) in [5.41, 5.74) is 2.94. The summed E-state index contributed by atoms with van der Waals surface area (Å²) in [6, 6.07) is 16.5. The largest absolute Gasteiger partial charge is 0.488 e. The number of aryl methyl sites for hydroxylation is 2. The van der Waals surface area contributed by atoms with Gasteiger partial charge in [-0.1, -0.05) is 47.5 Å². The van der Waals surface area contributed by atoms with Gasteiger partial charge in [0.1, 0.15) is 11.9 Å². The lowest BCUT2D eigenvalue weighted by atomic mass is 9.71. The quantitative estimate of drug-likeness (QED) is 0.686. The van der Waals surface area contributed by atoms with Gasteiger partial charge in [-0.2, -0.15) is 0 Å².